The summed E-state index contributed by atoms with van der Waals surface area (Å²) in [6, 6.07) is -0.358. The molecule has 3 atom stereocenters. The SMILES string of the molecule is CC(C)C[C@H](O)[C@H](O)[C@H](C)N. The van der Waals surface area contributed by atoms with E-state index in [2.05, 4.69) is 0 Å². The highest BCUT2D eigenvalue weighted by Gasteiger charge is 2.20. The van der Waals surface area contributed by atoms with E-state index < -0.39 is 12.2 Å². The van der Waals surface area contributed by atoms with Crippen LogP contribution >= 0.6 is 0 Å². The molecule has 68 valence electrons. The lowest BCUT2D eigenvalue weighted by Crippen LogP contribution is -2.41. The maximum atomic E-state index is 9.33. The van der Waals surface area contributed by atoms with E-state index in [1.165, 1.54) is 0 Å². The van der Waals surface area contributed by atoms with Crippen molar-refractivity contribution in [2.24, 2.45) is 11.7 Å². The van der Waals surface area contributed by atoms with E-state index in [1.807, 2.05) is 13.8 Å². The molecule has 11 heavy (non-hydrogen) atoms. The van der Waals surface area contributed by atoms with Gasteiger partial charge in [0.05, 0.1) is 12.2 Å². The van der Waals surface area contributed by atoms with Crippen molar-refractivity contribution in [2.75, 3.05) is 0 Å². The standard InChI is InChI=1S/C8H19NO2/c1-5(2)4-7(10)8(11)6(3)9/h5-8,10-11H,4,9H2,1-3H3/t6-,7-,8+/m0/s1. The minimum atomic E-state index is -0.794. The van der Waals surface area contributed by atoms with E-state index in [0.29, 0.717) is 12.3 Å². The summed E-state index contributed by atoms with van der Waals surface area (Å²) in [6.07, 6.45) is -0.879. The van der Waals surface area contributed by atoms with Gasteiger partial charge in [-0.15, -0.1) is 0 Å². The van der Waals surface area contributed by atoms with E-state index >= 15 is 0 Å². The molecule has 0 aromatic carbocycles. The molecule has 0 aliphatic heterocycles. The van der Waals surface area contributed by atoms with Gasteiger partial charge in [-0.25, -0.2) is 0 Å². The molecule has 0 aliphatic carbocycles. The molecule has 0 aliphatic rings. The first-order valence-electron chi connectivity index (χ1n) is 4.06. The van der Waals surface area contributed by atoms with E-state index in [-0.39, 0.29) is 6.04 Å². The predicted octanol–water partition coefficient (Wildman–Crippen LogP) is 0.102. The van der Waals surface area contributed by atoms with Gasteiger partial charge in [0.25, 0.3) is 0 Å². The monoisotopic (exact) mass is 161 g/mol. The third-order valence-electron chi connectivity index (χ3n) is 1.65. The van der Waals surface area contributed by atoms with Gasteiger partial charge in [-0.1, -0.05) is 13.8 Å². The van der Waals surface area contributed by atoms with Gasteiger partial charge < -0.3 is 15.9 Å². The molecule has 3 heteroatoms. The van der Waals surface area contributed by atoms with Gasteiger partial charge in [0, 0.05) is 6.04 Å². The average molecular weight is 161 g/mol. The van der Waals surface area contributed by atoms with E-state index in [1.54, 1.807) is 6.92 Å². The molecular weight excluding hydrogens is 142 g/mol. The fraction of sp³-hybridized carbons (Fsp3) is 1.00. The Hall–Kier alpha value is -0.120. The van der Waals surface area contributed by atoms with Gasteiger partial charge in [-0.05, 0) is 19.3 Å². The van der Waals surface area contributed by atoms with Crippen LogP contribution in [0.2, 0.25) is 0 Å². The van der Waals surface area contributed by atoms with Crippen LogP contribution in [0.25, 0.3) is 0 Å². The Labute approximate surface area is 68.2 Å². The minimum Gasteiger partial charge on any atom is -0.390 e. The molecular formula is C8H19NO2. The first kappa shape index (κ1) is 10.9. The second-order valence-electron chi connectivity index (χ2n) is 3.55. The van der Waals surface area contributed by atoms with Gasteiger partial charge in [0.1, 0.15) is 0 Å². The van der Waals surface area contributed by atoms with Crippen molar-refractivity contribution in [2.45, 2.75) is 45.4 Å². The van der Waals surface area contributed by atoms with Crippen molar-refractivity contribution >= 4 is 0 Å². The second kappa shape index (κ2) is 4.70. The molecule has 3 nitrogen and oxygen atoms in total. The second-order valence-corrected chi connectivity index (χ2v) is 3.55. The van der Waals surface area contributed by atoms with Crippen molar-refractivity contribution in [1.82, 2.24) is 0 Å². The zero-order valence-electron chi connectivity index (χ0n) is 7.49. The van der Waals surface area contributed by atoms with Gasteiger partial charge in [0.2, 0.25) is 0 Å². The third kappa shape index (κ3) is 4.35. The van der Waals surface area contributed by atoms with Gasteiger partial charge in [-0.2, -0.15) is 0 Å². The van der Waals surface area contributed by atoms with Crippen molar-refractivity contribution in [3.05, 3.63) is 0 Å². The van der Waals surface area contributed by atoms with E-state index in [4.69, 9.17) is 5.73 Å². The Bertz CT molecular complexity index is 104. The van der Waals surface area contributed by atoms with Crippen LogP contribution in [0.1, 0.15) is 27.2 Å². The maximum Gasteiger partial charge on any atom is 0.0946 e. The summed E-state index contributed by atoms with van der Waals surface area (Å²) in [5.41, 5.74) is 5.40. The number of rotatable bonds is 4. The van der Waals surface area contributed by atoms with Crippen LogP contribution in [0.15, 0.2) is 0 Å². The lowest BCUT2D eigenvalue weighted by Gasteiger charge is -2.22. The first-order valence-corrected chi connectivity index (χ1v) is 4.06. The summed E-state index contributed by atoms with van der Waals surface area (Å²) >= 11 is 0. The predicted molar refractivity (Wildman–Crippen MR) is 45.1 cm³/mol. The van der Waals surface area contributed by atoms with E-state index in [9.17, 15) is 10.2 Å². The molecule has 0 aromatic rings. The number of aliphatic hydroxyl groups excluding tert-OH is 2. The molecule has 0 rings (SSSR count). The fourth-order valence-corrected chi connectivity index (χ4v) is 0.973. The maximum absolute atomic E-state index is 9.33. The minimum absolute atomic E-state index is 0.358. The summed E-state index contributed by atoms with van der Waals surface area (Å²) in [6.45, 7) is 5.68. The summed E-state index contributed by atoms with van der Waals surface area (Å²) < 4.78 is 0. The van der Waals surface area contributed by atoms with Gasteiger partial charge in [-0.3, -0.25) is 0 Å². The van der Waals surface area contributed by atoms with Crippen LogP contribution in [0.3, 0.4) is 0 Å². The van der Waals surface area contributed by atoms with Crippen molar-refractivity contribution in [3.63, 3.8) is 0 Å². The van der Waals surface area contributed by atoms with Gasteiger partial charge >= 0.3 is 0 Å². The quantitative estimate of drug-likeness (QED) is 0.548. The van der Waals surface area contributed by atoms with Crippen LogP contribution < -0.4 is 5.73 Å². The zero-order valence-corrected chi connectivity index (χ0v) is 7.49. The molecule has 0 spiro atoms. The number of hydrogen-bond acceptors (Lipinski definition) is 3. The van der Waals surface area contributed by atoms with Gasteiger partial charge in [0.15, 0.2) is 0 Å². The number of nitrogens with two attached hydrogens (primary N) is 1. The third-order valence-corrected chi connectivity index (χ3v) is 1.65. The van der Waals surface area contributed by atoms with E-state index in [0.717, 1.165) is 0 Å². The first-order chi connectivity index (χ1) is 4.95. The molecule has 0 bridgehead atoms. The lowest BCUT2D eigenvalue weighted by atomic mass is 9.98. The van der Waals surface area contributed by atoms with Crippen molar-refractivity contribution in [3.8, 4) is 0 Å². The zero-order chi connectivity index (χ0) is 9.02. The summed E-state index contributed by atoms with van der Waals surface area (Å²) in [5, 5.41) is 18.6. The molecule has 0 aromatic heterocycles. The fourth-order valence-electron chi connectivity index (χ4n) is 0.973. The average Bonchev–Trinajstić information content (AvgIpc) is 1.84. The summed E-state index contributed by atoms with van der Waals surface area (Å²) in [4.78, 5) is 0. The summed E-state index contributed by atoms with van der Waals surface area (Å²) in [7, 11) is 0. The highest BCUT2D eigenvalue weighted by Crippen LogP contribution is 2.09. The molecule has 0 saturated carbocycles. The van der Waals surface area contributed by atoms with Crippen molar-refractivity contribution in [1.29, 1.82) is 0 Å². The smallest absolute Gasteiger partial charge is 0.0946 e. The molecule has 0 heterocycles. The Morgan fingerprint density at radius 3 is 1.91 bits per heavy atom. The Morgan fingerprint density at radius 1 is 1.18 bits per heavy atom. The van der Waals surface area contributed by atoms with Crippen LogP contribution in [0, 0.1) is 5.92 Å². The number of aliphatic hydroxyl groups is 2. The molecule has 0 unspecified atom stereocenters. The van der Waals surface area contributed by atoms with Crippen LogP contribution in [0.4, 0.5) is 0 Å². The largest absolute Gasteiger partial charge is 0.390 e. The highest BCUT2D eigenvalue weighted by molar-refractivity contribution is 4.75. The van der Waals surface area contributed by atoms with Crippen molar-refractivity contribution < 1.29 is 10.2 Å². The Balaban J connectivity index is 3.73. The van der Waals surface area contributed by atoms with Crippen LogP contribution in [-0.4, -0.2) is 28.5 Å². The molecule has 0 amide bonds. The number of hydrogen-bond donors (Lipinski definition) is 3. The molecule has 4 N–H and O–H groups in total. The Morgan fingerprint density at radius 2 is 1.64 bits per heavy atom. The summed E-state index contributed by atoms with van der Waals surface area (Å²) in [5.74, 6) is 0.387. The highest BCUT2D eigenvalue weighted by atomic mass is 16.3. The molecule has 0 saturated heterocycles. The molecule has 0 radical (unpaired) electrons. The topological polar surface area (TPSA) is 66.5 Å². The Kier molecular flexibility index (Phi) is 4.65. The van der Waals surface area contributed by atoms with Crippen LogP contribution in [-0.2, 0) is 0 Å². The molecule has 0 fully saturated rings. The normalized spacial score (nSPS) is 19.9. The lowest BCUT2D eigenvalue weighted by molar-refractivity contribution is -0.00341. The van der Waals surface area contributed by atoms with Crippen LogP contribution in [0.5, 0.6) is 0 Å².